The average molecular weight is 280 g/mol. The monoisotopic (exact) mass is 280 g/mol. The largest absolute Gasteiger partial charge is 0.340 e. The highest BCUT2D eigenvalue weighted by Gasteiger charge is 2.18. The Bertz CT molecular complexity index is 727. The first-order valence-corrected chi connectivity index (χ1v) is 7.34. The van der Waals surface area contributed by atoms with E-state index in [0.717, 1.165) is 29.6 Å². The molecule has 2 heterocycles. The minimum absolute atomic E-state index is 0.0738. The molecule has 0 radical (unpaired) electrons. The van der Waals surface area contributed by atoms with Crippen LogP contribution in [-0.4, -0.2) is 21.1 Å². The molecule has 0 fully saturated rings. The summed E-state index contributed by atoms with van der Waals surface area (Å²) in [6.07, 6.45) is 6.84. The van der Waals surface area contributed by atoms with Crippen LogP contribution in [-0.2, 0) is 7.05 Å². The third-order valence-corrected chi connectivity index (χ3v) is 3.59. The molecular weight excluding hydrogens is 260 g/mol. The number of hydrogen-bond acceptors (Lipinski definition) is 3. The summed E-state index contributed by atoms with van der Waals surface area (Å²) in [5.74, 6) is 0. The summed E-state index contributed by atoms with van der Waals surface area (Å²) in [6.45, 7) is 3.12. The van der Waals surface area contributed by atoms with E-state index in [1.807, 2.05) is 30.2 Å². The van der Waals surface area contributed by atoms with Gasteiger partial charge < -0.3 is 9.88 Å². The predicted octanol–water partition coefficient (Wildman–Crippen LogP) is 3.06. The summed E-state index contributed by atoms with van der Waals surface area (Å²) >= 11 is 0. The lowest BCUT2D eigenvalue weighted by Crippen LogP contribution is -2.24. The number of rotatable bonds is 5. The molecule has 0 spiro atoms. The van der Waals surface area contributed by atoms with Gasteiger partial charge in [0.2, 0.25) is 0 Å². The van der Waals surface area contributed by atoms with Crippen molar-refractivity contribution < 1.29 is 0 Å². The fraction of sp³-hybridized carbons (Fsp3) is 0.294. The molecular formula is C17H20N4. The summed E-state index contributed by atoms with van der Waals surface area (Å²) in [5.41, 5.74) is 3.25. The molecule has 1 atom stereocenters. The number of para-hydroxylation sites is 1. The van der Waals surface area contributed by atoms with Crippen LogP contribution in [0, 0.1) is 0 Å². The van der Waals surface area contributed by atoms with E-state index in [9.17, 15) is 0 Å². The lowest BCUT2D eigenvalue weighted by atomic mass is 10.0. The Kier molecular flexibility index (Phi) is 3.97. The van der Waals surface area contributed by atoms with Gasteiger partial charge in [-0.2, -0.15) is 0 Å². The van der Waals surface area contributed by atoms with Gasteiger partial charge in [-0.3, -0.25) is 4.98 Å². The highest BCUT2D eigenvalue weighted by atomic mass is 15.0. The van der Waals surface area contributed by atoms with E-state index in [1.165, 1.54) is 5.56 Å². The van der Waals surface area contributed by atoms with Crippen molar-refractivity contribution in [3.8, 4) is 0 Å². The normalized spacial score (nSPS) is 12.7. The molecule has 0 amide bonds. The second kappa shape index (κ2) is 6.06. The van der Waals surface area contributed by atoms with E-state index in [0.29, 0.717) is 0 Å². The van der Waals surface area contributed by atoms with E-state index in [-0.39, 0.29) is 6.04 Å². The van der Waals surface area contributed by atoms with Gasteiger partial charge in [0.15, 0.2) is 0 Å². The SMILES string of the molecule is CCCNC(c1cn(C)cn1)c1cccc2cccnc12. The Hall–Kier alpha value is -2.20. The number of nitrogens with zero attached hydrogens (tertiary/aromatic N) is 3. The van der Waals surface area contributed by atoms with Crippen molar-refractivity contribution in [2.45, 2.75) is 19.4 Å². The van der Waals surface area contributed by atoms with Gasteiger partial charge in [0.05, 0.1) is 23.6 Å². The highest BCUT2D eigenvalue weighted by molar-refractivity contribution is 5.82. The van der Waals surface area contributed by atoms with Crippen LogP contribution < -0.4 is 5.32 Å². The number of aromatic nitrogens is 3. The zero-order valence-corrected chi connectivity index (χ0v) is 12.5. The molecule has 0 aliphatic carbocycles. The molecule has 0 aliphatic heterocycles. The van der Waals surface area contributed by atoms with Gasteiger partial charge in [0.1, 0.15) is 0 Å². The summed E-state index contributed by atoms with van der Waals surface area (Å²) < 4.78 is 1.98. The molecule has 21 heavy (non-hydrogen) atoms. The topological polar surface area (TPSA) is 42.7 Å². The van der Waals surface area contributed by atoms with Crippen LogP contribution >= 0.6 is 0 Å². The molecule has 1 N–H and O–H groups in total. The van der Waals surface area contributed by atoms with Crippen molar-refractivity contribution in [3.63, 3.8) is 0 Å². The van der Waals surface area contributed by atoms with Crippen molar-refractivity contribution in [3.05, 3.63) is 60.3 Å². The van der Waals surface area contributed by atoms with E-state index >= 15 is 0 Å². The molecule has 0 aliphatic rings. The molecule has 3 rings (SSSR count). The number of benzene rings is 1. The van der Waals surface area contributed by atoms with Crippen molar-refractivity contribution >= 4 is 10.9 Å². The van der Waals surface area contributed by atoms with E-state index < -0.39 is 0 Å². The maximum absolute atomic E-state index is 4.57. The standard InChI is InChI=1S/C17H20N4/c1-3-9-18-17(15-11-21(2)12-20-15)14-8-4-6-13-7-5-10-19-16(13)14/h4-8,10-12,17-18H,3,9H2,1-2H3. The number of nitrogens with one attached hydrogen (secondary N) is 1. The van der Waals surface area contributed by atoms with Crippen molar-refractivity contribution in [2.75, 3.05) is 6.54 Å². The first-order valence-electron chi connectivity index (χ1n) is 7.34. The number of pyridine rings is 1. The maximum atomic E-state index is 4.57. The van der Waals surface area contributed by atoms with E-state index in [2.05, 4.69) is 52.7 Å². The van der Waals surface area contributed by atoms with Gasteiger partial charge in [0, 0.05) is 30.4 Å². The van der Waals surface area contributed by atoms with Gasteiger partial charge in [-0.05, 0) is 19.0 Å². The highest BCUT2D eigenvalue weighted by Crippen LogP contribution is 2.26. The third kappa shape index (κ3) is 2.81. The van der Waals surface area contributed by atoms with Crippen LogP contribution in [0.3, 0.4) is 0 Å². The second-order valence-electron chi connectivity index (χ2n) is 5.27. The molecule has 0 saturated carbocycles. The van der Waals surface area contributed by atoms with Crippen molar-refractivity contribution in [2.24, 2.45) is 7.05 Å². The minimum atomic E-state index is 0.0738. The van der Waals surface area contributed by atoms with Crippen LogP contribution in [0.1, 0.15) is 30.6 Å². The quantitative estimate of drug-likeness (QED) is 0.781. The summed E-state index contributed by atoms with van der Waals surface area (Å²) in [4.78, 5) is 9.09. The summed E-state index contributed by atoms with van der Waals surface area (Å²) in [5, 5.41) is 4.75. The molecule has 2 aromatic heterocycles. The van der Waals surface area contributed by atoms with Crippen LogP contribution in [0.25, 0.3) is 10.9 Å². The summed E-state index contributed by atoms with van der Waals surface area (Å²) in [7, 11) is 1.99. The minimum Gasteiger partial charge on any atom is -0.340 e. The molecule has 1 unspecified atom stereocenters. The second-order valence-corrected chi connectivity index (χ2v) is 5.27. The molecule has 3 aromatic rings. The fourth-order valence-electron chi connectivity index (χ4n) is 2.61. The predicted molar refractivity (Wildman–Crippen MR) is 85.1 cm³/mol. The van der Waals surface area contributed by atoms with Crippen LogP contribution in [0.4, 0.5) is 0 Å². The third-order valence-electron chi connectivity index (χ3n) is 3.59. The molecule has 0 saturated heterocycles. The number of fused-ring (bicyclic) bond motifs is 1. The van der Waals surface area contributed by atoms with Crippen molar-refractivity contribution in [1.82, 2.24) is 19.9 Å². The maximum Gasteiger partial charge on any atom is 0.0947 e. The lowest BCUT2D eigenvalue weighted by Gasteiger charge is -2.18. The average Bonchev–Trinajstić information content (AvgIpc) is 2.94. The van der Waals surface area contributed by atoms with Gasteiger partial charge in [-0.25, -0.2) is 4.98 Å². The van der Waals surface area contributed by atoms with Crippen LogP contribution in [0.5, 0.6) is 0 Å². The van der Waals surface area contributed by atoms with Crippen LogP contribution in [0.15, 0.2) is 49.1 Å². The van der Waals surface area contributed by atoms with Crippen LogP contribution in [0.2, 0.25) is 0 Å². The lowest BCUT2D eigenvalue weighted by molar-refractivity contribution is 0.590. The van der Waals surface area contributed by atoms with E-state index in [4.69, 9.17) is 0 Å². The van der Waals surface area contributed by atoms with Gasteiger partial charge in [-0.15, -0.1) is 0 Å². The van der Waals surface area contributed by atoms with Gasteiger partial charge in [0.25, 0.3) is 0 Å². The molecule has 1 aromatic carbocycles. The Morgan fingerprint density at radius 1 is 1.19 bits per heavy atom. The zero-order chi connectivity index (χ0) is 14.7. The Labute approximate surface area is 124 Å². The van der Waals surface area contributed by atoms with Crippen molar-refractivity contribution in [1.29, 1.82) is 0 Å². The first kappa shape index (κ1) is 13.8. The number of imidazole rings is 1. The molecule has 108 valence electrons. The zero-order valence-electron chi connectivity index (χ0n) is 12.5. The number of aryl methyl sites for hydroxylation is 1. The van der Waals surface area contributed by atoms with Gasteiger partial charge in [-0.1, -0.05) is 31.2 Å². The van der Waals surface area contributed by atoms with E-state index in [1.54, 1.807) is 0 Å². The first-order chi connectivity index (χ1) is 10.3. The van der Waals surface area contributed by atoms with Gasteiger partial charge >= 0.3 is 0 Å². The smallest absolute Gasteiger partial charge is 0.0947 e. The fourth-order valence-corrected chi connectivity index (χ4v) is 2.61. The number of hydrogen-bond donors (Lipinski definition) is 1. The Morgan fingerprint density at radius 2 is 2.05 bits per heavy atom. The molecule has 4 heteroatoms. The molecule has 4 nitrogen and oxygen atoms in total. The Balaban J connectivity index is 2.09. The molecule has 0 bridgehead atoms. The summed E-state index contributed by atoms with van der Waals surface area (Å²) in [6, 6.07) is 10.5. The Morgan fingerprint density at radius 3 is 2.81 bits per heavy atom.